The van der Waals surface area contributed by atoms with E-state index in [0.717, 1.165) is 26.2 Å². The zero-order valence-electron chi connectivity index (χ0n) is 6.39. The molecular formula is C7H14N2O. The summed E-state index contributed by atoms with van der Waals surface area (Å²) in [4.78, 5) is 12.8. The van der Waals surface area contributed by atoms with Gasteiger partial charge >= 0.3 is 0 Å². The largest absolute Gasteiger partial charge is 0.314 e. The molecule has 58 valence electrons. The van der Waals surface area contributed by atoms with E-state index in [1.54, 1.807) is 6.92 Å². The van der Waals surface area contributed by atoms with Gasteiger partial charge in [0.25, 0.3) is 0 Å². The molecule has 1 rings (SSSR count). The summed E-state index contributed by atoms with van der Waals surface area (Å²) in [6, 6.07) is 0. The zero-order chi connectivity index (χ0) is 7.40. The lowest BCUT2D eigenvalue weighted by atomic mass is 10.5. The van der Waals surface area contributed by atoms with Crippen molar-refractivity contribution in [3.05, 3.63) is 0 Å². The number of Topliss-reactive ketones (excluding diaryl/α,β-unsaturated/α-hetero) is 1. The molecule has 0 aliphatic carbocycles. The highest BCUT2D eigenvalue weighted by Crippen LogP contribution is 1.90. The molecule has 0 radical (unpaired) electrons. The SMILES string of the molecule is C[13C](=O)C[15N]1CC[15NH]CC1. The van der Waals surface area contributed by atoms with Crippen LogP contribution >= 0.6 is 0 Å². The highest BCUT2D eigenvalue weighted by molar-refractivity contribution is 5.77. The number of rotatable bonds is 2. The standard InChI is InChI=1S/C7H14N2O/c1-7(10)6-9-4-2-8-3-5-9/h8H,2-6H2,1H3/i7+1,8+1,9+1. The van der Waals surface area contributed by atoms with Crippen molar-refractivity contribution in [2.75, 3.05) is 32.7 Å². The van der Waals surface area contributed by atoms with E-state index in [4.69, 9.17) is 0 Å². The molecule has 10 heavy (non-hydrogen) atoms. The van der Waals surface area contributed by atoms with Crippen molar-refractivity contribution in [1.82, 2.24) is 10.2 Å². The average molecular weight is 145 g/mol. The second-order valence-corrected chi connectivity index (χ2v) is 2.73. The molecule has 0 spiro atoms. The topological polar surface area (TPSA) is 32.3 Å². The summed E-state index contributed by atoms with van der Waals surface area (Å²) in [7, 11) is 0. The number of hydrogen-bond donors (Lipinski definition) is 1. The quantitative estimate of drug-likeness (QED) is 0.419. The first-order valence-electron chi connectivity index (χ1n) is 3.71. The van der Waals surface area contributed by atoms with Gasteiger partial charge in [-0.05, 0) is 6.92 Å². The molecule has 3 heteroatoms. The molecular weight excluding hydrogens is 131 g/mol. The maximum absolute atomic E-state index is 10.6. The fraction of sp³-hybridized carbons (Fsp3) is 0.857. The molecule has 1 fully saturated rings. The average Bonchev–Trinajstić information content (AvgIpc) is 1.88. The predicted octanol–water partition coefficient (Wildman–Crippen LogP) is -0.519. The summed E-state index contributed by atoms with van der Waals surface area (Å²) in [5.74, 6) is 0.266. The number of piperazine rings is 1. The third-order valence-electron chi connectivity index (χ3n) is 1.66. The lowest BCUT2D eigenvalue weighted by molar-refractivity contribution is -0.118. The van der Waals surface area contributed by atoms with E-state index >= 15 is 0 Å². The summed E-state index contributed by atoms with van der Waals surface area (Å²) in [5, 5.41) is 3.23. The van der Waals surface area contributed by atoms with Crippen LogP contribution in [0.5, 0.6) is 0 Å². The molecule has 0 saturated carbocycles. The Labute approximate surface area is 61.4 Å². The lowest BCUT2D eigenvalue weighted by Crippen LogP contribution is -2.45. The molecule has 0 unspecified atom stereocenters. The van der Waals surface area contributed by atoms with Crippen molar-refractivity contribution in [3.8, 4) is 0 Å². The van der Waals surface area contributed by atoms with Crippen molar-refractivity contribution in [2.45, 2.75) is 6.92 Å². The molecule has 0 bridgehead atoms. The van der Waals surface area contributed by atoms with Crippen molar-refractivity contribution >= 4 is 5.78 Å². The minimum absolute atomic E-state index is 0.266. The summed E-state index contributed by atoms with van der Waals surface area (Å²) < 4.78 is 0. The maximum atomic E-state index is 10.6. The summed E-state index contributed by atoms with van der Waals surface area (Å²) >= 11 is 0. The van der Waals surface area contributed by atoms with Crippen molar-refractivity contribution in [3.63, 3.8) is 0 Å². The molecule has 1 saturated heterocycles. The Bertz CT molecular complexity index is 119. The van der Waals surface area contributed by atoms with Crippen molar-refractivity contribution in [1.29, 1.82) is 0 Å². The van der Waals surface area contributed by atoms with Crippen LogP contribution in [0.3, 0.4) is 0 Å². The van der Waals surface area contributed by atoms with Crippen LogP contribution in [0.2, 0.25) is 0 Å². The minimum Gasteiger partial charge on any atom is -0.314 e. The van der Waals surface area contributed by atoms with Gasteiger partial charge in [-0.1, -0.05) is 0 Å². The summed E-state index contributed by atoms with van der Waals surface area (Å²) in [6.07, 6.45) is 0. The molecule has 0 amide bonds. The second kappa shape index (κ2) is 3.68. The number of nitrogens with one attached hydrogen (secondary N) is 1. The normalized spacial score (nSPS) is 20.9. The molecule has 0 aromatic heterocycles. The molecule has 1 heterocycles. The van der Waals surface area contributed by atoms with E-state index in [1.165, 1.54) is 0 Å². The van der Waals surface area contributed by atoms with Crippen LogP contribution < -0.4 is 5.32 Å². The third kappa shape index (κ3) is 2.45. The summed E-state index contributed by atoms with van der Waals surface area (Å²) in [5.41, 5.74) is 0. The van der Waals surface area contributed by atoms with Crippen LogP contribution in [0.25, 0.3) is 0 Å². The van der Waals surface area contributed by atoms with Crippen LogP contribution in [0.4, 0.5) is 0 Å². The van der Waals surface area contributed by atoms with E-state index < -0.39 is 0 Å². The second-order valence-electron chi connectivity index (χ2n) is 2.73. The number of hydrogen-bond acceptors (Lipinski definition) is 3. The molecule has 1 aliphatic rings. The Kier molecular flexibility index (Phi) is 2.83. The van der Waals surface area contributed by atoms with Gasteiger partial charge in [-0.3, -0.25) is 9.69 Å². The van der Waals surface area contributed by atoms with Gasteiger partial charge in [-0.25, -0.2) is 0 Å². The van der Waals surface area contributed by atoms with E-state index in [2.05, 4.69) is 10.2 Å². The number of nitrogens with zero attached hydrogens (tertiary/aromatic N) is 1. The van der Waals surface area contributed by atoms with Crippen LogP contribution in [-0.2, 0) is 4.79 Å². The summed E-state index contributed by atoms with van der Waals surface area (Å²) in [6.45, 7) is 6.34. The monoisotopic (exact) mass is 145 g/mol. The molecule has 1 aliphatic heterocycles. The van der Waals surface area contributed by atoms with Gasteiger partial charge in [0.05, 0.1) is 6.54 Å². The van der Waals surface area contributed by atoms with Crippen molar-refractivity contribution < 1.29 is 4.79 Å². The Morgan fingerprint density at radius 2 is 2.10 bits per heavy atom. The predicted molar refractivity (Wildman–Crippen MR) is 40.0 cm³/mol. The zero-order valence-corrected chi connectivity index (χ0v) is 6.39. The molecule has 1 N–H and O–H groups in total. The molecule has 0 atom stereocenters. The van der Waals surface area contributed by atoms with Gasteiger partial charge in [0, 0.05) is 26.2 Å². The minimum atomic E-state index is 0.266. The van der Waals surface area contributed by atoms with Crippen LogP contribution in [-0.4, -0.2) is 43.4 Å². The Morgan fingerprint density at radius 1 is 1.50 bits per heavy atom. The maximum Gasteiger partial charge on any atom is 0.143 e. The van der Waals surface area contributed by atoms with Crippen LogP contribution in [0, 0.1) is 0 Å². The third-order valence-corrected chi connectivity index (χ3v) is 1.66. The van der Waals surface area contributed by atoms with Gasteiger partial charge in [0.2, 0.25) is 0 Å². The van der Waals surface area contributed by atoms with Gasteiger partial charge in [-0.15, -0.1) is 0 Å². The Balaban J connectivity index is 2.19. The van der Waals surface area contributed by atoms with Crippen LogP contribution in [0.1, 0.15) is 6.92 Å². The first kappa shape index (κ1) is 7.69. The number of carbonyl (C=O) groups excluding carboxylic acids is 1. The molecule has 0 aromatic carbocycles. The molecule has 3 nitrogen and oxygen atoms in total. The van der Waals surface area contributed by atoms with E-state index in [0.29, 0.717) is 6.54 Å². The van der Waals surface area contributed by atoms with E-state index in [9.17, 15) is 4.79 Å². The van der Waals surface area contributed by atoms with E-state index in [-0.39, 0.29) is 5.78 Å². The highest BCUT2D eigenvalue weighted by atomic mass is 16.2. The highest BCUT2D eigenvalue weighted by Gasteiger charge is 2.09. The number of ketones is 1. The van der Waals surface area contributed by atoms with Gasteiger partial charge in [-0.2, -0.15) is 0 Å². The smallest absolute Gasteiger partial charge is 0.143 e. The Hall–Kier alpha value is -0.410. The Morgan fingerprint density at radius 3 is 2.60 bits per heavy atom. The van der Waals surface area contributed by atoms with Crippen LogP contribution in [0.15, 0.2) is 0 Å². The van der Waals surface area contributed by atoms with Gasteiger partial charge in [0.1, 0.15) is 5.78 Å². The van der Waals surface area contributed by atoms with Crippen molar-refractivity contribution in [2.24, 2.45) is 0 Å². The lowest BCUT2D eigenvalue weighted by Gasteiger charge is -2.25. The van der Waals surface area contributed by atoms with Gasteiger partial charge in [0.15, 0.2) is 0 Å². The molecule has 0 aromatic rings. The van der Waals surface area contributed by atoms with E-state index in [1.807, 2.05) is 0 Å². The first-order valence-corrected chi connectivity index (χ1v) is 3.71. The van der Waals surface area contributed by atoms with Gasteiger partial charge < -0.3 is 5.32 Å². The fourth-order valence-corrected chi connectivity index (χ4v) is 1.18. The first-order chi connectivity index (χ1) is 4.79. The number of carbonyl (C=O) groups is 1. The fourth-order valence-electron chi connectivity index (χ4n) is 1.18.